The fourth-order valence-corrected chi connectivity index (χ4v) is 1.82. The molecule has 0 aromatic rings. The first-order chi connectivity index (χ1) is 9.68. The highest BCUT2D eigenvalue weighted by atomic mass is 16.5. The van der Waals surface area contributed by atoms with Crippen LogP contribution in [-0.2, 0) is 19.1 Å². The summed E-state index contributed by atoms with van der Waals surface area (Å²) in [5.41, 5.74) is -0.451. The quantitative estimate of drug-likeness (QED) is 0.485. The van der Waals surface area contributed by atoms with Gasteiger partial charge in [-0.25, -0.2) is 0 Å². The molecule has 0 aromatic carbocycles. The molecule has 0 unspecified atom stereocenters. The zero-order chi connectivity index (χ0) is 16.5. The topological polar surface area (TPSA) is 55.8 Å². The van der Waals surface area contributed by atoms with Gasteiger partial charge in [-0.3, -0.25) is 9.59 Å². The van der Waals surface area contributed by atoms with Crippen molar-refractivity contribution in [1.82, 2.24) is 4.90 Å². The minimum atomic E-state index is -0.451. The van der Waals surface area contributed by atoms with Gasteiger partial charge >= 0.3 is 5.97 Å². The summed E-state index contributed by atoms with van der Waals surface area (Å²) >= 11 is 0. The van der Waals surface area contributed by atoms with Gasteiger partial charge in [0.05, 0.1) is 19.1 Å². The third-order valence-electron chi connectivity index (χ3n) is 2.84. The fraction of sp³-hybridized carbons (Fsp3) is 0.875. The Morgan fingerprint density at radius 3 is 2.24 bits per heavy atom. The van der Waals surface area contributed by atoms with E-state index in [-0.39, 0.29) is 24.4 Å². The van der Waals surface area contributed by atoms with E-state index in [2.05, 4.69) is 0 Å². The number of carbonyl (C=O) groups is 2. The van der Waals surface area contributed by atoms with Crippen molar-refractivity contribution in [1.29, 1.82) is 0 Å². The van der Waals surface area contributed by atoms with Crippen LogP contribution in [0.5, 0.6) is 0 Å². The normalized spacial score (nSPS) is 11.6. The van der Waals surface area contributed by atoms with Crippen LogP contribution >= 0.6 is 0 Å². The van der Waals surface area contributed by atoms with E-state index < -0.39 is 5.41 Å². The lowest BCUT2D eigenvalue weighted by Gasteiger charge is -2.29. The van der Waals surface area contributed by atoms with Crippen molar-refractivity contribution in [3.63, 3.8) is 0 Å². The Morgan fingerprint density at radius 2 is 1.76 bits per heavy atom. The molecule has 0 rings (SSSR count). The molecule has 124 valence electrons. The first-order valence-corrected chi connectivity index (χ1v) is 7.75. The Labute approximate surface area is 129 Å². The van der Waals surface area contributed by atoms with Crippen molar-refractivity contribution in [3.8, 4) is 0 Å². The van der Waals surface area contributed by atoms with E-state index in [0.29, 0.717) is 26.3 Å². The lowest BCUT2D eigenvalue weighted by Crippen LogP contribution is -2.41. The number of esters is 1. The predicted molar refractivity (Wildman–Crippen MR) is 83.0 cm³/mol. The van der Waals surface area contributed by atoms with E-state index in [9.17, 15) is 9.59 Å². The Hall–Kier alpha value is -1.10. The first kappa shape index (κ1) is 19.9. The third-order valence-corrected chi connectivity index (χ3v) is 2.84. The summed E-state index contributed by atoms with van der Waals surface area (Å²) in [6, 6.07) is 0. The molecule has 0 saturated carbocycles. The molecule has 0 aliphatic rings. The number of hydrogen-bond donors (Lipinski definition) is 0. The molecule has 0 heterocycles. The maximum absolute atomic E-state index is 12.4. The smallest absolute Gasteiger partial charge is 0.307 e. The van der Waals surface area contributed by atoms with Crippen LogP contribution in [0.4, 0.5) is 0 Å². The molecule has 0 radical (unpaired) electrons. The largest absolute Gasteiger partial charge is 0.466 e. The van der Waals surface area contributed by atoms with E-state index in [1.54, 1.807) is 11.8 Å². The minimum absolute atomic E-state index is 0.0522. The van der Waals surface area contributed by atoms with Gasteiger partial charge in [-0.2, -0.15) is 0 Å². The summed E-state index contributed by atoms with van der Waals surface area (Å²) in [4.78, 5) is 25.6. The van der Waals surface area contributed by atoms with Gasteiger partial charge in [0, 0.05) is 25.1 Å². The first-order valence-electron chi connectivity index (χ1n) is 7.75. The Bertz CT molecular complexity index is 321. The van der Waals surface area contributed by atoms with Crippen LogP contribution in [0.2, 0.25) is 0 Å². The summed E-state index contributed by atoms with van der Waals surface area (Å²) in [5, 5.41) is 0. The summed E-state index contributed by atoms with van der Waals surface area (Å²) in [6.07, 6.45) is 1.19. The number of amides is 1. The average Bonchev–Trinajstić information content (AvgIpc) is 2.36. The van der Waals surface area contributed by atoms with E-state index in [1.807, 2.05) is 34.6 Å². The van der Waals surface area contributed by atoms with Crippen molar-refractivity contribution >= 4 is 11.9 Å². The zero-order valence-corrected chi connectivity index (χ0v) is 14.4. The maximum atomic E-state index is 12.4. The van der Waals surface area contributed by atoms with Crippen LogP contribution in [-0.4, -0.2) is 49.2 Å². The second-order valence-electron chi connectivity index (χ2n) is 6.37. The van der Waals surface area contributed by atoms with Crippen molar-refractivity contribution in [2.24, 2.45) is 5.41 Å². The van der Waals surface area contributed by atoms with Gasteiger partial charge in [0.2, 0.25) is 5.91 Å². The summed E-state index contributed by atoms with van der Waals surface area (Å²) in [7, 11) is 0. The van der Waals surface area contributed by atoms with Crippen molar-refractivity contribution in [2.75, 3.05) is 26.3 Å². The van der Waals surface area contributed by atoms with Gasteiger partial charge in [0.1, 0.15) is 0 Å². The van der Waals surface area contributed by atoms with Gasteiger partial charge in [-0.1, -0.05) is 20.8 Å². The molecule has 1 amide bonds. The Kier molecular flexibility index (Phi) is 9.26. The molecular formula is C16H31NO4. The van der Waals surface area contributed by atoms with E-state index in [0.717, 1.165) is 6.42 Å². The molecule has 0 aliphatic heterocycles. The van der Waals surface area contributed by atoms with Crippen LogP contribution in [0, 0.1) is 5.41 Å². The molecule has 0 aliphatic carbocycles. The monoisotopic (exact) mass is 301 g/mol. The molecule has 5 heteroatoms. The van der Waals surface area contributed by atoms with Crippen LogP contribution in [0.25, 0.3) is 0 Å². The number of hydrogen-bond acceptors (Lipinski definition) is 4. The summed E-state index contributed by atoms with van der Waals surface area (Å²) in [5.74, 6) is -0.209. The van der Waals surface area contributed by atoms with Crippen LogP contribution in [0.1, 0.15) is 54.4 Å². The van der Waals surface area contributed by atoms with Crippen LogP contribution in [0.15, 0.2) is 0 Å². The van der Waals surface area contributed by atoms with Crippen LogP contribution in [0.3, 0.4) is 0 Å². The molecule has 0 N–H and O–H groups in total. The average molecular weight is 301 g/mol. The van der Waals surface area contributed by atoms with Crippen LogP contribution < -0.4 is 0 Å². The van der Waals surface area contributed by atoms with Gasteiger partial charge in [0.25, 0.3) is 0 Å². The SMILES string of the molecule is CCOC(=O)CCN(CCCOC(C)C)C(=O)C(C)(C)C. The third kappa shape index (κ3) is 9.45. The Morgan fingerprint density at radius 1 is 1.14 bits per heavy atom. The molecular weight excluding hydrogens is 270 g/mol. The van der Waals surface area contributed by atoms with E-state index in [1.165, 1.54) is 0 Å². The number of ether oxygens (including phenoxy) is 2. The number of nitrogens with zero attached hydrogens (tertiary/aromatic N) is 1. The van der Waals surface area contributed by atoms with Gasteiger partial charge < -0.3 is 14.4 Å². The number of carbonyl (C=O) groups excluding carboxylic acids is 2. The predicted octanol–water partition coefficient (Wildman–Crippen LogP) is 2.63. The molecule has 0 saturated heterocycles. The highest BCUT2D eigenvalue weighted by Gasteiger charge is 2.27. The summed E-state index contributed by atoms with van der Waals surface area (Å²) in [6.45, 7) is 13.4. The summed E-state index contributed by atoms with van der Waals surface area (Å²) < 4.78 is 10.4. The second kappa shape index (κ2) is 9.77. The molecule has 0 spiro atoms. The molecule has 0 aromatic heterocycles. The molecule has 0 bridgehead atoms. The number of rotatable bonds is 9. The van der Waals surface area contributed by atoms with Crippen molar-refractivity contribution < 1.29 is 19.1 Å². The maximum Gasteiger partial charge on any atom is 0.307 e. The Balaban J connectivity index is 4.41. The van der Waals surface area contributed by atoms with Gasteiger partial charge in [0.15, 0.2) is 0 Å². The lowest BCUT2D eigenvalue weighted by molar-refractivity contribution is -0.145. The zero-order valence-electron chi connectivity index (χ0n) is 14.4. The second-order valence-corrected chi connectivity index (χ2v) is 6.37. The van der Waals surface area contributed by atoms with E-state index >= 15 is 0 Å². The molecule has 0 fully saturated rings. The standard InChI is InChI=1S/C16H31NO4/c1-7-20-14(18)9-11-17(15(19)16(4,5)6)10-8-12-21-13(2)3/h13H,7-12H2,1-6H3. The van der Waals surface area contributed by atoms with Gasteiger partial charge in [-0.05, 0) is 27.2 Å². The highest BCUT2D eigenvalue weighted by Crippen LogP contribution is 2.18. The van der Waals surface area contributed by atoms with Crippen molar-refractivity contribution in [2.45, 2.75) is 60.5 Å². The molecule has 5 nitrogen and oxygen atoms in total. The van der Waals surface area contributed by atoms with Gasteiger partial charge in [-0.15, -0.1) is 0 Å². The molecule has 21 heavy (non-hydrogen) atoms. The lowest BCUT2D eigenvalue weighted by atomic mass is 9.94. The van der Waals surface area contributed by atoms with E-state index in [4.69, 9.17) is 9.47 Å². The highest BCUT2D eigenvalue weighted by molar-refractivity contribution is 5.82. The van der Waals surface area contributed by atoms with Crippen molar-refractivity contribution in [3.05, 3.63) is 0 Å². The minimum Gasteiger partial charge on any atom is -0.466 e. The fourth-order valence-electron chi connectivity index (χ4n) is 1.82. The molecule has 0 atom stereocenters.